The van der Waals surface area contributed by atoms with Crippen LogP contribution in [0.2, 0.25) is 0 Å². The van der Waals surface area contributed by atoms with Gasteiger partial charge in [-0.2, -0.15) is 0 Å². The Morgan fingerprint density at radius 1 is 1.32 bits per heavy atom. The normalized spacial score (nSPS) is 11.8. The fourth-order valence-electron chi connectivity index (χ4n) is 1.72. The molecule has 0 saturated heterocycles. The number of hydrogen-bond donors (Lipinski definition) is 0. The van der Waals surface area contributed by atoms with E-state index in [1.807, 2.05) is 0 Å². The molecule has 0 aliphatic rings. The first-order valence-electron chi connectivity index (χ1n) is 6.01. The first-order valence-corrected chi connectivity index (χ1v) is 6.01. The van der Waals surface area contributed by atoms with Crippen molar-refractivity contribution in [3.8, 4) is 0 Å². The van der Waals surface area contributed by atoms with Crippen LogP contribution in [0.25, 0.3) is 0 Å². The minimum Gasteiger partial charge on any atom is -0.469 e. The molecule has 1 unspecified atom stereocenters. The molecule has 0 radical (unpaired) electrons. The maximum Gasteiger partial charge on any atom is 0.310 e. The molecule has 0 aromatic heterocycles. The average Bonchev–Trinajstić information content (AvgIpc) is 2.39. The Balaban J connectivity index is 2.70. The number of hydrogen-bond acceptors (Lipinski definition) is 3. The molecule has 1 atom stereocenters. The highest BCUT2D eigenvalue weighted by molar-refractivity contribution is 5.76. The lowest BCUT2D eigenvalue weighted by Gasteiger charge is -2.23. The Labute approximate surface area is 112 Å². The second-order valence-electron chi connectivity index (χ2n) is 4.45. The highest BCUT2D eigenvalue weighted by Gasteiger charge is 2.19. The van der Waals surface area contributed by atoms with E-state index in [9.17, 15) is 14.0 Å². The molecule has 5 heteroatoms. The largest absolute Gasteiger partial charge is 0.469 e. The van der Waals surface area contributed by atoms with E-state index in [-0.39, 0.29) is 24.2 Å². The SMILES string of the molecule is COC(=O)C(C)CN(Cc1ccc(F)cc1)C(C)=O. The highest BCUT2D eigenvalue weighted by atomic mass is 19.1. The van der Waals surface area contributed by atoms with Gasteiger partial charge in [-0.15, -0.1) is 0 Å². The lowest BCUT2D eigenvalue weighted by molar-refractivity contribution is -0.146. The molecule has 1 rings (SSSR count). The van der Waals surface area contributed by atoms with Gasteiger partial charge < -0.3 is 9.64 Å². The number of rotatable bonds is 5. The third-order valence-electron chi connectivity index (χ3n) is 2.83. The highest BCUT2D eigenvalue weighted by Crippen LogP contribution is 2.10. The van der Waals surface area contributed by atoms with Crippen molar-refractivity contribution in [3.63, 3.8) is 0 Å². The number of halogens is 1. The maximum atomic E-state index is 12.8. The predicted molar refractivity (Wildman–Crippen MR) is 68.7 cm³/mol. The van der Waals surface area contributed by atoms with Crippen molar-refractivity contribution in [3.05, 3.63) is 35.6 Å². The van der Waals surface area contributed by atoms with Gasteiger partial charge >= 0.3 is 5.97 Å². The van der Waals surface area contributed by atoms with Crippen LogP contribution < -0.4 is 0 Å². The molecule has 1 aromatic carbocycles. The Morgan fingerprint density at radius 2 is 1.89 bits per heavy atom. The molecule has 0 aliphatic heterocycles. The Kier molecular flexibility index (Phi) is 5.48. The third kappa shape index (κ3) is 4.69. The topological polar surface area (TPSA) is 46.6 Å². The zero-order chi connectivity index (χ0) is 14.4. The number of ether oxygens (including phenoxy) is 1. The molecule has 1 amide bonds. The Hall–Kier alpha value is -1.91. The van der Waals surface area contributed by atoms with Crippen molar-refractivity contribution in [2.24, 2.45) is 5.92 Å². The molecule has 0 aliphatic carbocycles. The second-order valence-corrected chi connectivity index (χ2v) is 4.45. The minimum absolute atomic E-state index is 0.139. The summed E-state index contributed by atoms with van der Waals surface area (Å²) in [5.74, 6) is -1.21. The number of amides is 1. The summed E-state index contributed by atoms with van der Waals surface area (Å²) in [5, 5.41) is 0. The van der Waals surface area contributed by atoms with Crippen molar-refractivity contribution >= 4 is 11.9 Å². The van der Waals surface area contributed by atoms with Gasteiger partial charge in [0, 0.05) is 20.0 Å². The molecule has 104 valence electrons. The van der Waals surface area contributed by atoms with E-state index in [4.69, 9.17) is 0 Å². The molecule has 0 N–H and O–H groups in total. The lowest BCUT2D eigenvalue weighted by atomic mass is 10.1. The van der Waals surface area contributed by atoms with Crippen LogP contribution >= 0.6 is 0 Å². The van der Waals surface area contributed by atoms with E-state index in [0.717, 1.165) is 5.56 Å². The molecule has 19 heavy (non-hydrogen) atoms. The summed E-state index contributed by atoms with van der Waals surface area (Å²) < 4.78 is 17.4. The van der Waals surface area contributed by atoms with Crippen molar-refractivity contribution in [1.29, 1.82) is 0 Å². The summed E-state index contributed by atoms with van der Waals surface area (Å²) in [4.78, 5) is 24.5. The van der Waals surface area contributed by atoms with Gasteiger partial charge in [-0.25, -0.2) is 4.39 Å². The lowest BCUT2D eigenvalue weighted by Crippen LogP contribution is -2.35. The molecular weight excluding hydrogens is 249 g/mol. The van der Waals surface area contributed by atoms with Crippen LogP contribution in [0.4, 0.5) is 4.39 Å². The van der Waals surface area contributed by atoms with Gasteiger partial charge in [0.15, 0.2) is 0 Å². The van der Waals surface area contributed by atoms with Gasteiger partial charge in [0.1, 0.15) is 5.82 Å². The summed E-state index contributed by atoms with van der Waals surface area (Å²) >= 11 is 0. The molecular formula is C14H18FNO3. The molecule has 0 spiro atoms. The van der Waals surface area contributed by atoms with Crippen LogP contribution in [-0.2, 0) is 20.9 Å². The van der Waals surface area contributed by atoms with E-state index in [2.05, 4.69) is 4.74 Å². The van der Waals surface area contributed by atoms with Gasteiger partial charge in [-0.05, 0) is 17.7 Å². The van der Waals surface area contributed by atoms with Gasteiger partial charge in [0.25, 0.3) is 0 Å². The van der Waals surface area contributed by atoms with Gasteiger partial charge in [0.05, 0.1) is 13.0 Å². The number of esters is 1. The Bertz CT molecular complexity index is 445. The molecule has 0 fully saturated rings. The monoisotopic (exact) mass is 267 g/mol. The van der Waals surface area contributed by atoms with Crippen LogP contribution in [0.3, 0.4) is 0 Å². The van der Waals surface area contributed by atoms with Gasteiger partial charge in [-0.1, -0.05) is 19.1 Å². The quantitative estimate of drug-likeness (QED) is 0.766. The maximum absolute atomic E-state index is 12.8. The van der Waals surface area contributed by atoms with Crippen molar-refractivity contribution in [2.75, 3.05) is 13.7 Å². The van der Waals surface area contributed by atoms with E-state index in [0.29, 0.717) is 6.54 Å². The van der Waals surface area contributed by atoms with Crippen LogP contribution in [0.15, 0.2) is 24.3 Å². The van der Waals surface area contributed by atoms with E-state index >= 15 is 0 Å². The van der Waals surface area contributed by atoms with E-state index in [1.54, 1.807) is 19.1 Å². The molecule has 1 aromatic rings. The predicted octanol–water partition coefficient (Wildman–Crippen LogP) is 1.98. The zero-order valence-electron chi connectivity index (χ0n) is 11.4. The standard InChI is InChI=1S/C14H18FNO3/c1-10(14(18)19-3)8-16(11(2)17)9-12-4-6-13(15)7-5-12/h4-7,10H,8-9H2,1-3H3. The van der Waals surface area contributed by atoms with E-state index in [1.165, 1.54) is 31.1 Å². The molecule has 0 heterocycles. The first-order chi connectivity index (χ1) is 8.93. The van der Waals surface area contributed by atoms with Gasteiger partial charge in [0.2, 0.25) is 5.91 Å². The average molecular weight is 267 g/mol. The van der Waals surface area contributed by atoms with Crippen LogP contribution in [0.5, 0.6) is 0 Å². The summed E-state index contributed by atoms with van der Waals surface area (Å²) in [6.07, 6.45) is 0. The van der Waals surface area contributed by atoms with Crippen molar-refractivity contribution in [1.82, 2.24) is 4.90 Å². The fourth-order valence-corrected chi connectivity index (χ4v) is 1.72. The molecule has 4 nitrogen and oxygen atoms in total. The molecule has 0 bridgehead atoms. The van der Waals surface area contributed by atoms with E-state index < -0.39 is 5.92 Å². The smallest absolute Gasteiger partial charge is 0.310 e. The van der Waals surface area contributed by atoms with Crippen LogP contribution in [-0.4, -0.2) is 30.4 Å². The minimum atomic E-state index is -0.394. The van der Waals surface area contributed by atoms with Crippen molar-refractivity contribution < 1.29 is 18.7 Å². The summed E-state index contributed by atoms with van der Waals surface area (Å²) in [6, 6.07) is 5.93. The summed E-state index contributed by atoms with van der Waals surface area (Å²) in [7, 11) is 1.32. The number of nitrogens with zero attached hydrogens (tertiary/aromatic N) is 1. The summed E-state index contributed by atoms with van der Waals surface area (Å²) in [5.41, 5.74) is 0.814. The number of benzene rings is 1. The number of methoxy groups -OCH3 is 1. The van der Waals surface area contributed by atoms with Crippen LogP contribution in [0.1, 0.15) is 19.4 Å². The van der Waals surface area contributed by atoms with Gasteiger partial charge in [-0.3, -0.25) is 9.59 Å². The first kappa shape index (κ1) is 15.1. The Morgan fingerprint density at radius 3 is 2.37 bits per heavy atom. The number of carbonyl (C=O) groups excluding carboxylic acids is 2. The number of carbonyl (C=O) groups is 2. The zero-order valence-corrected chi connectivity index (χ0v) is 11.4. The van der Waals surface area contributed by atoms with Crippen LogP contribution in [0, 0.1) is 11.7 Å². The second kappa shape index (κ2) is 6.87. The third-order valence-corrected chi connectivity index (χ3v) is 2.83. The summed E-state index contributed by atoms with van der Waals surface area (Å²) in [6.45, 7) is 3.76. The fraction of sp³-hybridized carbons (Fsp3) is 0.429. The van der Waals surface area contributed by atoms with Crippen molar-refractivity contribution in [2.45, 2.75) is 20.4 Å². The molecule has 0 saturated carbocycles.